The molecule has 0 amide bonds. The van der Waals surface area contributed by atoms with Crippen molar-refractivity contribution in [3.05, 3.63) is 108 Å². The second kappa shape index (κ2) is 14.8. The van der Waals surface area contributed by atoms with E-state index in [1.807, 2.05) is 30.3 Å². The molecule has 12 heteroatoms. The second-order valence-electron chi connectivity index (χ2n) is 10.3. The van der Waals surface area contributed by atoms with Crippen molar-refractivity contribution in [1.82, 2.24) is 0 Å². The van der Waals surface area contributed by atoms with Gasteiger partial charge in [-0.2, -0.15) is 0 Å². The number of aliphatic hydroxyl groups is 4. The summed E-state index contributed by atoms with van der Waals surface area (Å²) in [5.41, 5.74) is 1.15. The van der Waals surface area contributed by atoms with Gasteiger partial charge in [0.05, 0.1) is 30.9 Å². The van der Waals surface area contributed by atoms with Crippen LogP contribution in [0, 0.1) is 0 Å². The number of aliphatic hydroxyl groups excluding tert-OH is 4. The third-order valence-corrected chi connectivity index (χ3v) is 7.28. The number of rotatable bonds is 10. The fourth-order valence-electron chi connectivity index (χ4n) is 4.92. The number of ether oxygens (including phenoxy) is 6. The molecule has 234 valence electrons. The SMILES string of the molecule is O=C(O[C@H]1[C@@H](OC(=O)c2ccccc2)[C@@H](OCc2ccccc2)O[C@H](CO)[C@H]1O[C@@H]1OC[C@H](O)[C@H](O)[C@@H]1O)c1ccccc1. The number of carbonyl (C=O) groups excluding carboxylic acids is 2. The van der Waals surface area contributed by atoms with Gasteiger partial charge in [-0.15, -0.1) is 0 Å². The lowest BCUT2D eigenvalue weighted by molar-refractivity contribution is -0.348. The number of carbonyl (C=O) groups is 2. The van der Waals surface area contributed by atoms with Gasteiger partial charge in [0, 0.05) is 0 Å². The van der Waals surface area contributed by atoms with E-state index in [9.17, 15) is 30.0 Å². The van der Waals surface area contributed by atoms with E-state index in [4.69, 9.17) is 28.4 Å². The molecule has 4 N–H and O–H groups in total. The maximum Gasteiger partial charge on any atom is 0.338 e. The Balaban J connectivity index is 1.50. The molecule has 5 rings (SSSR count). The minimum atomic E-state index is -1.71. The predicted molar refractivity (Wildman–Crippen MR) is 151 cm³/mol. The summed E-state index contributed by atoms with van der Waals surface area (Å²) >= 11 is 0. The molecule has 0 unspecified atom stereocenters. The van der Waals surface area contributed by atoms with E-state index in [2.05, 4.69) is 0 Å². The van der Waals surface area contributed by atoms with E-state index in [-0.39, 0.29) is 24.3 Å². The van der Waals surface area contributed by atoms with Crippen LogP contribution in [0.4, 0.5) is 0 Å². The molecule has 2 heterocycles. The maximum atomic E-state index is 13.4. The average molecular weight is 611 g/mol. The summed E-state index contributed by atoms with van der Waals surface area (Å²) in [6.07, 6.45) is -13.1. The van der Waals surface area contributed by atoms with Gasteiger partial charge in [-0.25, -0.2) is 9.59 Å². The van der Waals surface area contributed by atoms with Crippen LogP contribution in [0.1, 0.15) is 26.3 Å². The van der Waals surface area contributed by atoms with Gasteiger partial charge < -0.3 is 48.8 Å². The molecule has 2 aliphatic rings. The number of hydrogen-bond donors (Lipinski definition) is 4. The lowest BCUT2D eigenvalue weighted by atomic mass is 9.97. The van der Waals surface area contributed by atoms with Crippen molar-refractivity contribution < 1.29 is 58.4 Å². The first-order valence-electron chi connectivity index (χ1n) is 14.1. The van der Waals surface area contributed by atoms with Crippen LogP contribution >= 0.6 is 0 Å². The van der Waals surface area contributed by atoms with E-state index in [1.165, 1.54) is 12.1 Å². The molecule has 9 atom stereocenters. The Kier molecular flexibility index (Phi) is 10.7. The average Bonchev–Trinajstić information content (AvgIpc) is 3.06. The van der Waals surface area contributed by atoms with Crippen molar-refractivity contribution in [2.24, 2.45) is 0 Å². The number of esters is 2. The van der Waals surface area contributed by atoms with Crippen LogP contribution in [0.2, 0.25) is 0 Å². The summed E-state index contributed by atoms with van der Waals surface area (Å²) in [4.78, 5) is 26.7. The van der Waals surface area contributed by atoms with Crippen LogP contribution < -0.4 is 0 Å². The second-order valence-corrected chi connectivity index (χ2v) is 10.3. The van der Waals surface area contributed by atoms with Crippen molar-refractivity contribution >= 4 is 11.9 Å². The van der Waals surface area contributed by atoms with Gasteiger partial charge in [-0.3, -0.25) is 0 Å². The Morgan fingerprint density at radius 1 is 0.705 bits per heavy atom. The van der Waals surface area contributed by atoms with Crippen molar-refractivity contribution in [3.63, 3.8) is 0 Å². The van der Waals surface area contributed by atoms with Gasteiger partial charge in [0.2, 0.25) is 0 Å². The molecule has 3 aromatic rings. The fraction of sp³-hybridized carbons (Fsp3) is 0.375. The molecular formula is C32H34O12. The van der Waals surface area contributed by atoms with E-state index < -0.39 is 73.9 Å². The Bertz CT molecular complexity index is 1340. The molecule has 0 spiro atoms. The van der Waals surface area contributed by atoms with Crippen LogP contribution in [0.5, 0.6) is 0 Å². The van der Waals surface area contributed by atoms with Crippen LogP contribution in [-0.4, -0.2) is 101 Å². The monoisotopic (exact) mass is 610 g/mol. The Morgan fingerprint density at radius 2 is 1.25 bits per heavy atom. The quantitative estimate of drug-likeness (QED) is 0.242. The molecule has 44 heavy (non-hydrogen) atoms. The molecule has 0 aromatic heterocycles. The number of benzene rings is 3. The van der Waals surface area contributed by atoms with E-state index >= 15 is 0 Å². The van der Waals surface area contributed by atoms with Crippen LogP contribution in [-0.2, 0) is 35.0 Å². The van der Waals surface area contributed by atoms with Gasteiger partial charge in [-0.1, -0.05) is 66.7 Å². The first-order valence-corrected chi connectivity index (χ1v) is 14.1. The Labute approximate surface area is 253 Å². The molecule has 2 fully saturated rings. The normalized spacial score (nSPS) is 30.3. The van der Waals surface area contributed by atoms with Crippen molar-refractivity contribution in [1.29, 1.82) is 0 Å². The molecule has 0 aliphatic carbocycles. The molecular weight excluding hydrogens is 576 g/mol. The van der Waals surface area contributed by atoms with Gasteiger partial charge in [0.1, 0.15) is 30.5 Å². The fourth-order valence-corrected chi connectivity index (χ4v) is 4.92. The molecule has 2 aliphatic heterocycles. The van der Waals surface area contributed by atoms with Crippen LogP contribution in [0.15, 0.2) is 91.0 Å². The third kappa shape index (κ3) is 7.49. The summed E-state index contributed by atoms with van der Waals surface area (Å²) in [6.45, 7) is -1.02. The highest BCUT2D eigenvalue weighted by molar-refractivity contribution is 5.90. The summed E-state index contributed by atoms with van der Waals surface area (Å²) in [6, 6.07) is 25.3. The smallest absolute Gasteiger partial charge is 0.338 e. The van der Waals surface area contributed by atoms with Gasteiger partial charge >= 0.3 is 11.9 Å². The van der Waals surface area contributed by atoms with Crippen molar-refractivity contribution in [2.75, 3.05) is 13.2 Å². The van der Waals surface area contributed by atoms with Crippen molar-refractivity contribution in [3.8, 4) is 0 Å². The van der Waals surface area contributed by atoms with E-state index in [1.54, 1.807) is 48.5 Å². The third-order valence-electron chi connectivity index (χ3n) is 7.28. The first kappa shape index (κ1) is 31.7. The lowest BCUT2D eigenvalue weighted by Gasteiger charge is -2.46. The Morgan fingerprint density at radius 3 is 1.82 bits per heavy atom. The summed E-state index contributed by atoms with van der Waals surface area (Å²) in [7, 11) is 0. The predicted octanol–water partition coefficient (Wildman–Crippen LogP) is 1.20. The Hall–Kier alpha value is -3.72. The number of hydrogen-bond acceptors (Lipinski definition) is 12. The zero-order valence-electron chi connectivity index (χ0n) is 23.5. The zero-order chi connectivity index (χ0) is 31.1. The minimum absolute atomic E-state index is 0.0163. The molecule has 0 radical (unpaired) electrons. The zero-order valence-corrected chi connectivity index (χ0v) is 23.5. The highest BCUT2D eigenvalue weighted by Crippen LogP contribution is 2.33. The lowest BCUT2D eigenvalue weighted by Crippen LogP contribution is -2.65. The molecule has 0 bridgehead atoms. The minimum Gasteiger partial charge on any atom is -0.452 e. The van der Waals surface area contributed by atoms with E-state index in [0.29, 0.717) is 0 Å². The van der Waals surface area contributed by atoms with Gasteiger partial charge in [0.15, 0.2) is 24.8 Å². The topological polar surface area (TPSA) is 170 Å². The molecule has 2 saturated heterocycles. The van der Waals surface area contributed by atoms with Crippen molar-refractivity contribution in [2.45, 2.75) is 61.9 Å². The van der Waals surface area contributed by atoms with Crippen LogP contribution in [0.25, 0.3) is 0 Å². The summed E-state index contributed by atoms with van der Waals surface area (Å²) in [5, 5.41) is 41.1. The molecule has 0 saturated carbocycles. The highest BCUT2D eigenvalue weighted by atomic mass is 16.8. The maximum absolute atomic E-state index is 13.4. The largest absolute Gasteiger partial charge is 0.452 e. The summed E-state index contributed by atoms with van der Waals surface area (Å²) in [5.74, 6) is -1.58. The van der Waals surface area contributed by atoms with Gasteiger partial charge in [-0.05, 0) is 29.8 Å². The highest BCUT2D eigenvalue weighted by Gasteiger charge is 2.54. The summed E-state index contributed by atoms with van der Waals surface area (Å²) < 4.78 is 35.3. The molecule has 3 aromatic carbocycles. The van der Waals surface area contributed by atoms with E-state index in [0.717, 1.165) is 5.56 Å². The molecule has 12 nitrogen and oxygen atoms in total. The standard InChI is InChI=1S/C32H34O12/c33-16-23-26(44-31-25(36)24(35)22(34)18-40-31)27(42-29(37)20-12-6-2-7-13-20)28(43-30(38)21-14-8-3-9-15-21)32(41-23)39-17-19-10-4-1-5-11-19/h1-15,22-28,31-36H,16-18H2/t22-,23+,24-,25-,26+,27+,28+,31-,32-/m0/s1. The first-order chi connectivity index (χ1) is 21.4. The van der Waals surface area contributed by atoms with Crippen LogP contribution in [0.3, 0.4) is 0 Å². The van der Waals surface area contributed by atoms with Gasteiger partial charge in [0.25, 0.3) is 0 Å².